The third-order valence-electron chi connectivity index (χ3n) is 7.19. The summed E-state index contributed by atoms with van der Waals surface area (Å²) >= 11 is 0. The van der Waals surface area contributed by atoms with Gasteiger partial charge in [-0.15, -0.1) is 0 Å². The van der Waals surface area contributed by atoms with Crippen LogP contribution in [-0.4, -0.2) is 72.7 Å². The van der Waals surface area contributed by atoms with E-state index in [1.807, 2.05) is 17.2 Å². The smallest absolute Gasteiger partial charge is 0.257 e. The number of methoxy groups -OCH3 is 1. The molecular formula is C28H34N4O5S. The fraction of sp³-hybridized carbons (Fsp3) is 0.429. The van der Waals surface area contributed by atoms with E-state index in [4.69, 9.17) is 9.15 Å². The molecule has 2 aliphatic rings. The first-order chi connectivity index (χ1) is 18.3. The van der Waals surface area contributed by atoms with Crippen LogP contribution < -0.4 is 4.74 Å². The van der Waals surface area contributed by atoms with Gasteiger partial charge in [0, 0.05) is 51.2 Å². The number of aryl methyl sites for hydroxylation is 2. The van der Waals surface area contributed by atoms with Crippen LogP contribution in [0.2, 0.25) is 0 Å². The Hall–Kier alpha value is -3.21. The number of piperazine rings is 1. The van der Waals surface area contributed by atoms with E-state index >= 15 is 0 Å². The molecule has 38 heavy (non-hydrogen) atoms. The van der Waals surface area contributed by atoms with Crippen LogP contribution in [0.15, 0.2) is 58.3 Å². The van der Waals surface area contributed by atoms with E-state index in [1.165, 1.54) is 10.6 Å². The molecule has 0 bridgehead atoms. The Balaban J connectivity index is 1.25. The molecule has 0 radical (unpaired) electrons. The first-order valence-corrected chi connectivity index (χ1v) is 14.4. The van der Waals surface area contributed by atoms with Gasteiger partial charge >= 0.3 is 0 Å². The Bertz CT molecular complexity index is 1370. The van der Waals surface area contributed by atoms with Gasteiger partial charge in [0.1, 0.15) is 17.8 Å². The van der Waals surface area contributed by atoms with Crippen LogP contribution in [-0.2, 0) is 23.1 Å². The summed E-state index contributed by atoms with van der Waals surface area (Å²) in [5.74, 6) is 0.996. The predicted octanol–water partition coefficient (Wildman–Crippen LogP) is 3.61. The van der Waals surface area contributed by atoms with Gasteiger partial charge in [-0.3, -0.25) is 14.7 Å². The number of nitrogens with zero attached hydrogens (tertiary/aromatic N) is 4. The van der Waals surface area contributed by atoms with Crippen LogP contribution in [0.1, 0.15) is 45.7 Å². The fourth-order valence-corrected chi connectivity index (χ4v) is 7.16. The highest BCUT2D eigenvalue weighted by Gasteiger charge is 2.40. The van der Waals surface area contributed by atoms with E-state index in [2.05, 4.69) is 16.0 Å². The number of carbonyl (C=O) groups is 1. The number of hydrogen-bond acceptors (Lipinski definition) is 7. The number of pyridine rings is 1. The zero-order valence-corrected chi connectivity index (χ0v) is 22.9. The van der Waals surface area contributed by atoms with Crippen LogP contribution in [0.4, 0.5) is 0 Å². The lowest BCUT2D eigenvalue weighted by atomic mass is 10.1. The maximum Gasteiger partial charge on any atom is 0.257 e. The molecule has 1 aliphatic heterocycles. The molecular weight excluding hydrogens is 504 g/mol. The van der Waals surface area contributed by atoms with Crippen molar-refractivity contribution in [2.45, 2.75) is 50.7 Å². The van der Waals surface area contributed by atoms with Crippen molar-refractivity contribution in [1.82, 2.24) is 19.1 Å². The molecule has 1 aliphatic carbocycles. The van der Waals surface area contributed by atoms with E-state index in [1.54, 1.807) is 45.4 Å². The second kappa shape index (κ2) is 10.9. The average molecular weight is 539 g/mol. The summed E-state index contributed by atoms with van der Waals surface area (Å²) < 4.78 is 40.1. The van der Waals surface area contributed by atoms with Gasteiger partial charge in [-0.25, -0.2) is 8.42 Å². The molecule has 9 nitrogen and oxygen atoms in total. The number of hydrogen-bond donors (Lipinski definition) is 0. The van der Waals surface area contributed by atoms with Crippen molar-refractivity contribution in [2.24, 2.45) is 0 Å². The molecule has 1 saturated carbocycles. The zero-order chi connectivity index (χ0) is 26.9. The van der Waals surface area contributed by atoms with Crippen molar-refractivity contribution < 1.29 is 22.4 Å². The molecule has 0 spiro atoms. The molecule has 5 rings (SSSR count). The standard InChI is InChI=1S/C28H34N4O5S/c1-20-13-25(36-3)14-21(2)27(20)38(34,35)32(24-6-7-24)18-26-15-23(19-37-26)28(33)31-11-9-30(10-12-31)17-22-5-4-8-29-16-22/h4-5,8,13-16,19,24H,6-7,9-12,17-18H2,1-3H3. The second-order valence-electron chi connectivity index (χ2n) is 10.1. The van der Waals surface area contributed by atoms with Crippen LogP contribution in [0, 0.1) is 13.8 Å². The molecule has 1 amide bonds. The lowest BCUT2D eigenvalue weighted by molar-refractivity contribution is 0.0627. The maximum atomic E-state index is 13.8. The number of furan rings is 1. The minimum absolute atomic E-state index is 0.0713. The molecule has 3 heterocycles. The predicted molar refractivity (Wildman–Crippen MR) is 142 cm³/mol. The quantitative estimate of drug-likeness (QED) is 0.411. The number of aromatic nitrogens is 1. The summed E-state index contributed by atoms with van der Waals surface area (Å²) in [6.45, 7) is 7.27. The molecule has 10 heteroatoms. The first-order valence-electron chi connectivity index (χ1n) is 12.9. The van der Waals surface area contributed by atoms with E-state index in [-0.39, 0.29) is 18.5 Å². The number of ether oxygens (including phenoxy) is 1. The number of benzene rings is 1. The third-order valence-corrected chi connectivity index (χ3v) is 9.40. The monoisotopic (exact) mass is 538 g/mol. The summed E-state index contributed by atoms with van der Waals surface area (Å²) in [5, 5.41) is 0. The highest BCUT2D eigenvalue weighted by Crippen LogP contribution is 2.36. The van der Waals surface area contributed by atoms with Crippen LogP contribution in [0.25, 0.3) is 0 Å². The summed E-state index contributed by atoms with van der Waals surface area (Å²) in [6.07, 6.45) is 6.69. The van der Waals surface area contributed by atoms with Gasteiger partial charge in [0.2, 0.25) is 10.0 Å². The van der Waals surface area contributed by atoms with Crippen LogP contribution in [0.3, 0.4) is 0 Å². The minimum Gasteiger partial charge on any atom is -0.497 e. The van der Waals surface area contributed by atoms with Crippen LogP contribution in [0.5, 0.6) is 5.75 Å². The van der Waals surface area contributed by atoms with E-state index in [0.717, 1.165) is 38.0 Å². The minimum atomic E-state index is -3.77. The van der Waals surface area contributed by atoms with Crippen molar-refractivity contribution >= 4 is 15.9 Å². The Kier molecular flexibility index (Phi) is 7.56. The largest absolute Gasteiger partial charge is 0.497 e. The van der Waals surface area contributed by atoms with Gasteiger partial charge in [-0.05, 0) is 67.6 Å². The first kappa shape index (κ1) is 26.4. The van der Waals surface area contributed by atoms with Crippen molar-refractivity contribution in [2.75, 3.05) is 33.3 Å². The molecule has 0 atom stereocenters. The lowest BCUT2D eigenvalue weighted by Crippen LogP contribution is -2.48. The molecule has 0 unspecified atom stereocenters. The normalized spacial score (nSPS) is 16.7. The van der Waals surface area contributed by atoms with Gasteiger partial charge < -0.3 is 14.1 Å². The van der Waals surface area contributed by atoms with Crippen molar-refractivity contribution in [3.05, 3.63) is 77.0 Å². The van der Waals surface area contributed by atoms with Crippen molar-refractivity contribution in [3.63, 3.8) is 0 Å². The number of sulfonamides is 1. The molecule has 2 fully saturated rings. The summed E-state index contributed by atoms with van der Waals surface area (Å²) in [4.78, 5) is 21.8. The van der Waals surface area contributed by atoms with E-state index in [0.29, 0.717) is 46.2 Å². The molecule has 202 valence electrons. The Morgan fingerprint density at radius 3 is 2.45 bits per heavy atom. The topological polar surface area (TPSA) is 96.2 Å². The Morgan fingerprint density at radius 1 is 1.13 bits per heavy atom. The van der Waals surface area contributed by atoms with Gasteiger partial charge in [0.25, 0.3) is 5.91 Å². The van der Waals surface area contributed by atoms with Crippen LogP contribution >= 0.6 is 0 Å². The molecule has 3 aromatic rings. The number of amides is 1. The van der Waals surface area contributed by atoms with Gasteiger partial charge in [-0.2, -0.15) is 4.31 Å². The number of rotatable bonds is 9. The fourth-order valence-electron chi connectivity index (χ4n) is 5.10. The summed E-state index contributed by atoms with van der Waals surface area (Å²) in [5.41, 5.74) is 2.89. The number of carbonyl (C=O) groups excluding carboxylic acids is 1. The SMILES string of the molecule is COc1cc(C)c(S(=O)(=O)N(Cc2cc(C(=O)N3CCN(Cc4cccnc4)CC3)co2)C2CC2)c(C)c1. The maximum absolute atomic E-state index is 13.8. The summed E-state index contributed by atoms with van der Waals surface area (Å²) in [6, 6.07) is 9.08. The zero-order valence-electron chi connectivity index (χ0n) is 22.1. The molecule has 2 aromatic heterocycles. The molecule has 1 aromatic carbocycles. The van der Waals surface area contributed by atoms with Gasteiger partial charge in [0.15, 0.2) is 0 Å². The highest BCUT2D eigenvalue weighted by molar-refractivity contribution is 7.89. The van der Waals surface area contributed by atoms with Gasteiger partial charge in [-0.1, -0.05) is 6.07 Å². The Morgan fingerprint density at radius 2 is 1.84 bits per heavy atom. The van der Waals surface area contributed by atoms with Crippen molar-refractivity contribution in [1.29, 1.82) is 0 Å². The Labute approximate surface area is 224 Å². The molecule has 0 N–H and O–H groups in total. The average Bonchev–Trinajstić information content (AvgIpc) is 3.63. The van der Waals surface area contributed by atoms with Crippen molar-refractivity contribution in [3.8, 4) is 5.75 Å². The lowest BCUT2D eigenvalue weighted by Gasteiger charge is -2.34. The second-order valence-corrected chi connectivity index (χ2v) is 11.9. The third kappa shape index (κ3) is 5.62. The summed E-state index contributed by atoms with van der Waals surface area (Å²) in [7, 11) is -2.21. The highest BCUT2D eigenvalue weighted by atomic mass is 32.2. The van der Waals surface area contributed by atoms with E-state index in [9.17, 15) is 13.2 Å². The molecule has 1 saturated heterocycles. The van der Waals surface area contributed by atoms with E-state index < -0.39 is 10.0 Å². The van der Waals surface area contributed by atoms with Gasteiger partial charge in [0.05, 0.1) is 24.1 Å².